The molecule has 40 heavy (non-hydrogen) atoms. The standard InChI is InChI=1S/C29H36FN3O7/c1-3-38-11-9-29(36)33-10-8-24-23(17-33)32-28(35)18-39-26-14-19(4-6-25(26)37-2)5-7-27(34)31-16-20-12-21(30)15-22(13-20)40-24/h4,6,12-15,23-24H,3,5,7-11,16-18H2,1-2H3,(H,31,34)(H,32,35)/t23-,24-/m1/s1. The van der Waals surface area contributed by atoms with Crippen LogP contribution in [0.4, 0.5) is 4.39 Å². The molecule has 4 bridgehead atoms. The minimum Gasteiger partial charge on any atom is -0.493 e. The van der Waals surface area contributed by atoms with Gasteiger partial charge in [0, 0.05) is 45.1 Å². The van der Waals surface area contributed by atoms with Crippen molar-refractivity contribution in [2.24, 2.45) is 0 Å². The van der Waals surface area contributed by atoms with Crippen molar-refractivity contribution >= 4 is 17.7 Å². The molecular formula is C29H36FN3O7. The molecule has 1 saturated heterocycles. The van der Waals surface area contributed by atoms with Crippen LogP contribution in [0.1, 0.15) is 37.3 Å². The number of fused-ring (bicyclic) bond motifs is 5. The van der Waals surface area contributed by atoms with Gasteiger partial charge in [0.25, 0.3) is 5.91 Å². The second-order valence-corrected chi connectivity index (χ2v) is 9.75. The number of aryl methyl sites for hydroxylation is 1. The highest BCUT2D eigenvalue weighted by Gasteiger charge is 2.34. The van der Waals surface area contributed by atoms with Crippen LogP contribution in [0.2, 0.25) is 0 Å². The summed E-state index contributed by atoms with van der Waals surface area (Å²) in [7, 11) is 1.51. The molecule has 3 amide bonds. The number of carbonyl (C=O) groups is 3. The third kappa shape index (κ3) is 8.08. The number of likely N-dealkylation sites (tertiary alicyclic amines) is 1. The van der Waals surface area contributed by atoms with Gasteiger partial charge in [-0.05, 0) is 48.7 Å². The second kappa shape index (κ2) is 14.0. The number of amides is 3. The van der Waals surface area contributed by atoms with Crippen molar-refractivity contribution in [2.45, 2.75) is 51.3 Å². The van der Waals surface area contributed by atoms with Crippen LogP contribution in [0.3, 0.4) is 0 Å². The van der Waals surface area contributed by atoms with E-state index in [1.165, 1.54) is 19.2 Å². The van der Waals surface area contributed by atoms with Crippen LogP contribution in [0.5, 0.6) is 17.2 Å². The van der Waals surface area contributed by atoms with Gasteiger partial charge in [0.05, 0.1) is 26.2 Å². The van der Waals surface area contributed by atoms with Crippen molar-refractivity contribution in [1.29, 1.82) is 0 Å². The molecule has 4 rings (SSSR count). The van der Waals surface area contributed by atoms with Crippen molar-refractivity contribution < 1.29 is 37.7 Å². The summed E-state index contributed by atoms with van der Waals surface area (Å²) < 4.78 is 37.1. The summed E-state index contributed by atoms with van der Waals surface area (Å²) in [6.45, 7) is 3.18. The Hall–Kier alpha value is -3.86. The first-order valence-corrected chi connectivity index (χ1v) is 13.5. The number of methoxy groups -OCH3 is 1. The molecule has 0 unspecified atom stereocenters. The monoisotopic (exact) mass is 557 g/mol. The fraction of sp³-hybridized carbons (Fsp3) is 0.483. The smallest absolute Gasteiger partial charge is 0.258 e. The topological polar surface area (TPSA) is 115 Å². The third-order valence-electron chi connectivity index (χ3n) is 6.85. The maximum Gasteiger partial charge on any atom is 0.258 e. The molecule has 10 nitrogen and oxygen atoms in total. The van der Waals surface area contributed by atoms with E-state index in [4.69, 9.17) is 18.9 Å². The average Bonchev–Trinajstić information content (AvgIpc) is 2.94. The first-order valence-electron chi connectivity index (χ1n) is 13.5. The van der Waals surface area contributed by atoms with Crippen molar-refractivity contribution in [3.05, 3.63) is 53.3 Å². The number of nitrogens with one attached hydrogen (secondary N) is 2. The van der Waals surface area contributed by atoms with E-state index in [0.29, 0.717) is 49.7 Å². The fourth-order valence-electron chi connectivity index (χ4n) is 4.79. The first-order chi connectivity index (χ1) is 19.3. The molecule has 2 aromatic rings. The molecule has 0 aromatic heterocycles. The fourth-order valence-corrected chi connectivity index (χ4v) is 4.79. The minimum absolute atomic E-state index is 0.0813. The lowest BCUT2D eigenvalue weighted by molar-refractivity contribution is -0.136. The highest BCUT2D eigenvalue weighted by atomic mass is 19.1. The lowest BCUT2D eigenvalue weighted by Gasteiger charge is -2.39. The Balaban J connectivity index is 1.58. The number of halogens is 1. The maximum atomic E-state index is 14.5. The van der Waals surface area contributed by atoms with Crippen LogP contribution in [0.25, 0.3) is 0 Å². The van der Waals surface area contributed by atoms with Crippen LogP contribution in [-0.4, -0.2) is 74.8 Å². The second-order valence-electron chi connectivity index (χ2n) is 9.75. The Morgan fingerprint density at radius 1 is 1.12 bits per heavy atom. The Bertz CT molecular complexity index is 1210. The molecule has 2 atom stereocenters. The Morgan fingerprint density at radius 2 is 1.98 bits per heavy atom. The molecular weight excluding hydrogens is 521 g/mol. The molecule has 11 heteroatoms. The van der Waals surface area contributed by atoms with Gasteiger partial charge in [-0.1, -0.05) is 6.07 Å². The summed E-state index contributed by atoms with van der Waals surface area (Å²) in [6, 6.07) is 9.01. The van der Waals surface area contributed by atoms with Gasteiger partial charge in [-0.2, -0.15) is 0 Å². The minimum atomic E-state index is -0.570. The van der Waals surface area contributed by atoms with E-state index in [2.05, 4.69) is 10.6 Å². The Labute approximate surface area is 233 Å². The largest absolute Gasteiger partial charge is 0.493 e. The van der Waals surface area contributed by atoms with Crippen LogP contribution in [0.15, 0.2) is 36.4 Å². The lowest BCUT2D eigenvalue weighted by Crippen LogP contribution is -2.58. The van der Waals surface area contributed by atoms with E-state index < -0.39 is 23.9 Å². The van der Waals surface area contributed by atoms with Gasteiger partial charge in [0.15, 0.2) is 18.1 Å². The number of rotatable bonds is 5. The highest BCUT2D eigenvalue weighted by Crippen LogP contribution is 2.29. The predicted octanol–water partition coefficient (Wildman–Crippen LogP) is 2.37. The van der Waals surface area contributed by atoms with Gasteiger partial charge < -0.3 is 34.5 Å². The van der Waals surface area contributed by atoms with E-state index in [9.17, 15) is 18.8 Å². The number of piperidine rings is 1. The normalized spacial score (nSPS) is 20.0. The van der Waals surface area contributed by atoms with Crippen LogP contribution >= 0.6 is 0 Å². The van der Waals surface area contributed by atoms with Gasteiger partial charge in [-0.3, -0.25) is 14.4 Å². The zero-order chi connectivity index (χ0) is 28.5. The van der Waals surface area contributed by atoms with Crippen molar-refractivity contribution in [3.63, 3.8) is 0 Å². The third-order valence-corrected chi connectivity index (χ3v) is 6.85. The van der Waals surface area contributed by atoms with E-state index in [1.54, 1.807) is 23.1 Å². The molecule has 0 aliphatic carbocycles. The zero-order valence-electron chi connectivity index (χ0n) is 22.9. The number of ether oxygens (including phenoxy) is 4. The molecule has 2 aromatic carbocycles. The van der Waals surface area contributed by atoms with Gasteiger partial charge >= 0.3 is 0 Å². The molecule has 0 radical (unpaired) electrons. The average molecular weight is 558 g/mol. The lowest BCUT2D eigenvalue weighted by atomic mass is 10.0. The van der Waals surface area contributed by atoms with E-state index in [0.717, 1.165) is 5.56 Å². The summed E-state index contributed by atoms with van der Waals surface area (Å²) >= 11 is 0. The number of hydrogen-bond acceptors (Lipinski definition) is 7. The van der Waals surface area contributed by atoms with Gasteiger partial charge in [-0.15, -0.1) is 0 Å². The van der Waals surface area contributed by atoms with E-state index >= 15 is 0 Å². The molecule has 1 fully saturated rings. The SMILES string of the molecule is CCOCCC(=O)N1CC[C@H]2Oc3cc(F)cc(c3)CNC(=O)CCc3ccc(OC)c(c3)OCC(=O)N[C@@H]2C1. The predicted molar refractivity (Wildman–Crippen MR) is 144 cm³/mol. The maximum absolute atomic E-state index is 14.5. The van der Waals surface area contributed by atoms with E-state index in [-0.39, 0.29) is 50.1 Å². The summed E-state index contributed by atoms with van der Waals surface area (Å²) in [5.74, 6) is -0.0578. The Morgan fingerprint density at radius 3 is 2.77 bits per heavy atom. The summed E-state index contributed by atoms with van der Waals surface area (Å²) in [6.07, 6.45) is 0.783. The summed E-state index contributed by atoms with van der Waals surface area (Å²) in [5.41, 5.74) is 1.39. The van der Waals surface area contributed by atoms with Gasteiger partial charge in [-0.25, -0.2) is 4.39 Å². The Kier molecular flexibility index (Phi) is 10.2. The van der Waals surface area contributed by atoms with Crippen LogP contribution < -0.4 is 24.8 Å². The molecule has 0 spiro atoms. The van der Waals surface area contributed by atoms with Crippen molar-refractivity contribution in [1.82, 2.24) is 15.5 Å². The summed E-state index contributed by atoms with van der Waals surface area (Å²) in [5, 5.41) is 5.77. The quantitative estimate of drug-likeness (QED) is 0.543. The molecule has 2 heterocycles. The van der Waals surface area contributed by atoms with Crippen LogP contribution in [-0.2, 0) is 32.1 Å². The van der Waals surface area contributed by atoms with Gasteiger partial charge in [0.1, 0.15) is 17.7 Å². The molecule has 0 saturated carbocycles. The van der Waals surface area contributed by atoms with Crippen molar-refractivity contribution in [2.75, 3.05) is 40.0 Å². The number of benzene rings is 2. The molecule has 2 aliphatic rings. The summed E-state index contributed by atoms with van der Waals surface area (Å²) in [4.78, 5) is 40.0. The van der Waals surface area contributed by atoms with Crippen molar-refractivity contribution in [3.8, 4) is 17.2 Å². The molecule has 216 valence electrons. The highest BCUT2D eigenvalue weighted by molar-refractivity contribution is 5.79. The van der Waals surface area contributed by atoms with Gasteiger partial charge in [0.2, 0.25) is 11.8 Å². The number of hydrogen-bond donors (Lipinski definition) is 2. The molecule has 2 aliphatic heterocycles. The number of nitrogens with zero attached hydrogens (tertiary/aromatic N) is 1. The zero-order valence-corrected chi connectivity index (χ0v) is 22.9. The first kappa shape index (κ1) is 29.1. The van der Waals surface area contributed by atoms with E-state index in [1.807, 2.05) is 13.0 Å². The molecule has 2 N–H and O–H groups in total. The number of carbonyl (C=O) groups excluding carboxylic acids is 3. The van der Waals surface area contributed by atoms with Crippen LogP contribution in [0, 0.1) is 5.82 Å².